The van der Waals surface area contributed by atoms with Gasteiger partial charge in [-0.2, -0.15) is 0 Å². The third kappa shape index (κ3) is 4.01. The molecule has 0 aromatic heterocycles. The number of aliphatic hydroxyl groups excluding tert-OH is 1. The Hall–Kier alpha value is -0.160. The van der Waals surface area contributed by atoms with Crippen LogP contribution < -0.4 is 0 Å². The standard InChI is InChI=1S/C12H23NO3/c14-11-3-5-13(6-4-11)7-9-15-10-12-2-1-8-16-12/h11-12,14H,1-10H2. The van der Waals surface area contributed by atoms with Crippen molar-refractivity contribution in [3.05, 3.63) is 0 Å². The van der Waals surface area contributed by atoms with Crippen molar-refractivity contribution in [2.45, 2.75) is 37.9 Å². The molecular formula is C12H23NO3. The second-order valence-corrected chi connectivity index (χ2v) is 4.78. The summed E-state index contributed by atoms with van der Waals surface area (Å²) in [6.07, 6.45) is 4.40. The summed E-state index contributed by atoms with van der Waals surface area (Å²) in [7, 11) is 0. The molecular weight excluding hydrogens is 206 g/mol. The van der Waals surface area contributed by atoms with Crippen molar-refractivity contribution in [1.82, 2.24) is 4.90 Å². The number of aliphatic hydroxyl groups is 1. The normalized spacial score (nSPS) is 28.7. The van der Waals surface area contributed by atoms with Gasteiger partial charge in [-0.25, -0.2) is 0 Å². The molecule has 0 amide bonds. The topological polar surface area (TPSA) is 41.9 Å². The van der Waals surface area contributed by atoms with E-state index >= 15 is 0 Å². The molecule has 2 aliphatic heterocycles. The van der Waals surface area contributed by atoms with Gasteiger partial charge in [0.25, 0.3) is 0 Å². The van der Waals surface area contributed by atoms with E-state index in [1.807, 2.05) is 0 Å². The van der Waals surface area contributed by atoms with E-state index in [-0.39, 0.29) is 6.10 Å². The summed E-state index contributed by atoms with van der Waals surface area (Å²) in [6, 6.07) is 0. The van der Waals surface area contributed by atoms with E-state index < -0.39 is 0 Å². The van der Waals surface area contributed by atoms with Gasteiger partial charge in [0.1, 0.15) is 0 Å². The molecule has 0 radical (unpaired) electrons. The molecule has 0 spiro atoms. The molecule has 2 aliphatic rings. The highest BCUT2D eigenvalue weighted by Gasteiger charge is 2.17. The number of hydrogen-bond donors (Lipinski definition) is 1. The Morgan fingerprint density at radius 1 is 1.25 bits per heavy atom. The maximum absolute atomic E-state index is 9.37. The number of nitrogens with zero attached hydrogens (tertiary/aromatic N) is 1. The summed E-state index contributed by atoms with van der Waals surface area (Å²) in [5.41, 5.74) is 0. The summed E-state index contributed by atoms with van der Waals surface area (Å²) < 4.78 is 11.1. The Bertz CT molecular complexity index is 187. The Morgan fingerprint density at radius 2 is 2.06 bits per heavy atom. The summed E-state index contributed by atoms with van der Waals surface area (Å²) in [6.45, 7) is 5.43. The monoisotopic (exact) mass is 229 g/mol. The van der Waals surface area contributed by atoms with Crippen LogP contribution >= 0.6 is 0 Å². The quantitative estimate of drug-likeness (QED) is 0.702. The number of rotatable bonds is 5. The Kier molecular flexibility index (Phi) is 5.03. The molecule has 1 atom stereocenters. The first-order valence-corrected chi connectivity index (χ1v) is 6.44. The second-order valence-electron chi connectivity index (χ2n) is 4.78. The van der Waals surface area contributed by atoms with Gasteiger partial charge in [0.05, 0.1) is 25.4 Å². The summed E-state index contributed by atoms with van der Waals surface area (Å²) in [5, 5.41) is 9.37. The molecule has 4 nitrogen and oxygen atoms in total. The molecule has 0 aliphatic carbocycles. The minimum absolute atomic E-state index is 0.0796. The molecule has 0 bridgehead atoms. The van der Waals surface area contributed by atoms with E-state index in [9.17, 15) is 5.11 Å². The minimum Gasteiger partial charge on any atom is -0.393 e. The SMILES string of the molecule is OC1CCN(CCOCC2CCCO2)CC1. The summed E-state index contributed by atoms with van der Waals surface area (Å²) in [5.74, 6) is 0. The predicted molar refractivity (Wildman–Crippen MR) is 61.5 cm³/mol. The number of likely N-dealkylation sites (tertiary alicyclic amines) is 1. The van der Waals surface area contributed by atoms with Crippen molar-refractivity contribution < 1.29 is 14.6 Å². The van der Waals surface area contributed by atoms with Gasteiger partial charge in [-0.1, -0.05) is 0 Å². The van der Waals surface area contributed by atoms with E-state index in [2.05, 4.69) is 4.90 Å². The van der Waals surface area contributed by atoms with Crippen molar-refractivity contribution in [2.75, 3.05) is 39.5 Å². The lowest BCUT2D eigenvalue weighted by Gasteiger charge is -2.29. The van der Waals surface area contributed by atoms with Crippen LogP contribution in [0.15, 0.2) is 0 Å². The zero-order valence-electron chi connectivity index (χ0n) is 9.94. The molecule has 2 heterocycles. The van der Waals surface area contributed by atoms with Crippen molar-refractivity contribution in [3.63, 3.8) is 0 Å². The van der Waals surface area contributed by atoms with Gasteiger partial charge in [0.2, 0.25) is 0 Å². The second kappa shape index (κ2) is 6.55. The average Bonchev–Trinajstić information content (AvgIpc) is 2.80. The fraction of sp³-hybridized carbons (Fsp3) is 1.00. The Morgan fingerprint density at radius 3 is 2.75 bits per heavy atom. The van der Waals surface area contributed by atoms with E-state index in [0.717, 1.165) is 58.7 Å². The average molecular weight is 229 g/mol. The molecule has 1 unspecified atom stereocenters. The van der Waals surface area contributed by atoms with Gasteiger partial charge in [0, 0.05) is 26.2 Å². The highest BCUT2D eigenvalue weighted by atomic mass is 16.5. The Labute approximate surface area is 97.5 Å². The van der Waals surface area contributed by atoms with Crippen molar-refractivity contribution >= 4 is 0 Å². The minimum atomic E-state index is -0.0796. The molecule has 4 heteroatoms. The third-order valence-electron chi connectivity index (χ3n) is 3.44. The molecule has 0 aromatic carbocycles. The van der Waals surface area contributed by atoms with Crippen molar-refractivity contribution in [3.8, 4) is 0 Å². The lowest BCUT2D eigenvalue weighted by atomic mass is 10.1. The van der Waals surface area contributed by atoms with Gasteiger partial charge in [-0.05, 0) is 25.7 Å². The van der Waals surface area contributed by atoms with E-state index in [4.69, 9.17) is 9.47 Å². The first-order valence-electron chi connectivity index (χ1n) is 6.44. The first-order chi connectivity index (χ1) is 7.84. The lowest BCUT2D eigenvalue weighted by Crippen LogP contribution is -2.38. The van der Waals surface area contributed by atoms with E-state index in [1.54, 1.807) is 0 Å². The molecule has 0 saturated carbocycles. The molecule has 1 N–H and O–H groups in total. The number of hydrogen-bond acceptors (Lipinski definition) is 4. The maximum atomic E-state index is 9.37. The highest BCUT2D eigenvalue weighted by molar-refractivity contribution is 4.70. The fourth-order valence-electron chi connectivity index (χ4n) is 2.33. The van der Waals surface area contributed by atoms with Gasteiger partial charge >= 0.3 is 0 Å². The lowest BCUT2D eigenvalue weighted by molar-refractivity contribution is 0.00424. The van der Waals surface area contributed by atoms with Crippen LogP contribution in [0.2, 0.25) is 0 Å². The van der Waals surface area contributed by atoms with E-state index in [1.165, 1.54) is 6.42 Å². The Balaban J connectivity index is 1.48. The van der Waals surface area contributed by atoms with Gasteiger partial charge < -0.3 is 19.5 Å². The molecule has 2 fully saturated rings. The van der Waals surface area contributed by atoms with Crippen LogP contribution in [0.4, 0.5) is 0 Å². The molecule has 2 rings (SSSR count). The number of piperidine rings is 1. The first kappa shape index (κ1) is 12.3. The van der Waals surface area contributed by atoms with Crippen LogP contribution in [0.1, 0.15) is 25.7 Å². The molecule has 0 aromatic rings. The zero-order valence-corrected chi connectivity index (χ0v) is 9.94. The molecule has 2 saturated heterocycles. The zero-order chi connectivity index (χ0) is 11.2. The van der Waals surface area contributed by atoms with Crippen molar-refractivity contribution in [2.24, 2.45) is 0 Å². The van der Waals surface area contributed by atoms with Crippen LogP contribution in [-0.2, 0) is 9.47 Å². The van der Waals surface area contributed by atoms with Crippen LogP contribution in [0.25, 0.3) is 0 Å². The van der Waals surface area contributed by atoms with Crippen molar-refractivity contribution in [1.29, 1.82) is 0 Å². The van der Waals surface area contributed by atoms with Crippen LogP contribution in [0.3, 0.4) is 0 Å². The maximum Gasteiger partial charge on any atom is 0.0809 e. The van der Waals surface area contributed by atoms with Crippen LogP contribution in [-0.4, -0.2) is 61.7 Å². The van der Waals surface area contributed by atoms with Gasteiger partial charge in [-0.15, -0.1) is 0 Å². The summed E-state index contributed by atoms with van der Waals surface area (Å²) in [4.78, 5) is 2.36. The molecule has 94 valence electrons. The van der Waals surface area contributed by atoms with Crippen LogP contribution in [0, 0.1) is 0 Å². The smallest absolute Gasteiger partial charge is 0.0809 e. The van der Waals surface area contributed by atoms with Crippen LogP contribution in [0.5, 0.6) is 0 Å². The highest BCUT2D eigenvalue weighted by Crippen LogP contribution is 2.12. The largest absolute Gasteiger partial charge is 0.393 e. The summed E-state index contributed by atoms with van der Waals surface area (Å²) >= 11 is 0. The molecule has 16 heavy (non-hydrogen) atoms. The fourth-order valence-corrected chi connectivity index (χ4v) is 2.33. The predicted octanol–water partition coefficient (Wildman–Crippen LogP) is 0.639. The third-order valence-corrected chi connectivity index (χ3v) is 3.44. The van der Waals surface area contributed by atoms with E-state index in [0.29, 0.717) is 6.10 Å². The van der Waals surface area contributed by atoms with Gasteiger partial charge in [0.15, 0.2) is 0 Å². The number of ether oxygens (including phenoxy) is 2. The van der Waals surface area contributed by atoms with Gasteiger partial charge in [-0.3, -0.25) is 0 Å².